The van der Waals surface area contributed by atoms with Gasteiger partial charge in [-0.05, 0) is 38.7 Å². The highest BCUT2D eigenvalue weighted by Crippen LogP contribution is 2.20. The van der Waals surface area contributed by atoms with E-state index in [1.54, 1.807) is 0 Å². The second kappa shape index (κ2) is 8.64. The first-order valence-electron chi connectivity index (χ1n) is 11.0. The van der Waals surface area contributed by atoms with Crippen LogP contribution in [-0.2, 0) is 29.1 Å². The number of hydrogen-bond donors (Lipinski definition) is 1. The molecule has 28 heavy (non-hydrogen) atoms. The molecule has 0 spiro atoms. The van der Waals surface area contributed by atoms with E-state index in [0.29, 0.717) is 18.9 Å². The quantitative estimate of drug-likeness (QED) is 0.807. The van der Waals surface area contributed by atoms with Crippen molar-refractivity contribution >= 4 is 11.8 Å². The summed E-state index contributed by atoms with van der Waals surface area (Å²) in [6.07, 6.45) is 8.19. The van der Waals surface area contributed by atoms with Crippen LogP contribution in [0.5, 0.6) is 0 Å². The van der Waals surface area contributed by atoms with Crippen LogP contribution in [-0.4, -0.2) is 63.1 Å². The van der Waals surface area contributed by atoms with Gasteiger partial charge < -0.3 is 10.2 Å². The number of amides is 2. The first-order valence-corrected chi connectivity index (χ1v) is 11.0. The Morgan fingerprint density at radius 2 is 1.89 bits per heavy atom. The fourth-order valence-electron chi connectivity index (χ4n) is 4.72. The molecule has 7 heteroatoms. The van der Waals surface area contributed by atoms with Gasteiger partial charge in [0.2, 0.25) is 11.8 Å². The van der Waals surface area contributed by atoms with Gasteiger partial charge in [-0.2, -0.15) is 5.10 Å². The highest BCUT2D eigenvalue weighted by molar-refractivity contribution is 5.81. The molecule has 1 saturated carbocycles. The number of nitrogens with zero attached hydrogens (tertiary/aromatic N) is 4. The largest absolute Gasteiger partial charge is 0.352 e. The summed E-state index contributed by atoms with van der Waals surface area (Å²) in [6, 6.07) is 2.36. The van der Waals surface area contributed by atoms with Crippen molar-refractivity contribution in [3.63, 3.8) is 0 Å². The third kappa shape index (κ3) is 4.40. The standard InChI is InChI=1S/C21H33N5O2/c1-16(21(28)22-17-6-2-3-7-17)25-12-13-26-19(15-25)14-18(23-26)8-9-20(27)24-10-4-5-11-24/h14,16-17H,2-13,15H2,1H3,(H,22,28). The van der Waals surface area contributed by atoms with Crippen molar-refractivity contribution in [3.05, 3.63) is 17.5 Å². The molecule has 0 aromatic carbocycles. The zero-order chi connectivity index (χ0) is 19.5. The summed E-state index contributed by atoms with van der Waals surface area (Å²) in [5, 5.41) is 7.91. The molecule has 1 aromatic rings. The fourth-order valence-corrected chi connectivity index (χ4v) is 4.72. The fraction of sp³-hybridized carbons (Fsp3) is 0.762. The minimum Gasteiger partial charge on any atom is -0.352 e. The van der Waals surface area contributed by atoms with E-state index in [4.69, 9.17) is 0 Å². The molecule has 2 aliphatic heterocycles. The van der Waals surface area contributed by atoms with E-state index >= 15 is 0 Å². The first kappa shape index (κ1) is 19.4. The highest BCUT2D eigenvalue weighted by Gasteiger charge is 2.28. The number of nitrogens with one attached hydrogen (secondary N) is 1. The molecule has 2 fully saturated rings. The molecule has 1 saturated heterocycles. The minimum absolute atomic E-state index is 0.121. The van der Waals surface area contributed by atoms with Gasteiger partial charge in [-0.1, -0.05) is 12.8 Å². The van der Waals surface area contributed by atoms with E-state index in [1.807, 2.05) is 16.5 Å². The Balaban J connectivity index is 1.29. The van der Waals surface area contributed by atoms with Crippen LogP contribution in [0, 0.1) is 0 Å². The highest BCUT2D eigenvalue weighted by atomic mass is 16.2. The van der Waals surface area contributed by atoms with Crippen molar-refractivity contribution in [2.24, 2.45) is 0 Å². The van der Waals surface area contributed by atoms with Crippen LogP contribution in [0.4, 0.5) is 0 Å². The van der Waals surface area contributed by atoms with Crippen molar-refractivity contribution in [3.8, 4) is 0 Å². The van der Waals surface area contributed by atoms with E-state index in [0.717, 1.165) is 69.8 Å². The lowest BCUT2D eigenvalue weighted by Crippen LogP contribution is -2.49. The summed E-state index contributed by atoms with van der Waals surface area (Å²) in [7, 11) is 0. The van der Waals surface area contributed by atoms with E-state index in [-0.39, 0.29) is 17.9 Å². The van der Waals surface area contributed by atoms with Crippen LogP contribution >= 0.6 is 0 Å². The predicted molar refractivity (Wildman–Crippen MR) is 107 cm³/mol. The maximum absolute atomic E-state index is 12.6. The van der Waals surface area contributed by atoms with Crippen molar-refractivity contribution in [1.82, 2.24) is 24.9 Å². The van der Waals surface area contributed by atoms with Gasteiger partial charge in [-0.3, -0.25) is 19.2 Å². The Bertz CT molecular complexity index is 704. The van der Waals surface area contributed by atoms with Gasteiger partial charge in [0, 0.05) is 45.1 Å². The molecule has 3 aliphatic rings. The second-order valence-electron chi connectivity index (χ2n) is 8.57. The summed E-state index contributed by atoms with van der Waals surface area (Å²) in [5.74, 6) is 0.401. The number of carbonyl (C=O) groups is 2. The lowest BCUT2D eigenvalue weighted by molar-refractivity contribution is -0.130. The Morgan fingerprint density at radius 1 is 1.14 bits per heavy atom. The number of aryl methyl sites for hydroxylation is 1. The second-order valence-corrected chi connectivity index (χ2v) is 8.57. The lowest BCUT2D eigenvalue weighted by Gasteiger charge is -2.32. The van der Waals surface area contributed by atoms with Crippen molar-refractivity contribution < 1.29 is 9.59 Å². The topological polar surface area (TPSA) is 70.5 Å². The summed E-state index contributed by atoms with van der Waals surface area (Å²) >= 11 is 0. The number of aromatic nitrogens is 2. The Hall–Kier alpha value is -1.89. The van der Waals surface area contributed by atoms with Gasteiger partial charge in [0.05, 0.1) is 24.0 Å². The Kier molecular flexibility index (Phi) is 5.99. The number of carbonyl (C=O) groups excluding carboxylic acids is 2. The normalized spacial score (nSPS) is 21.7. The smallest absolute Gasteiger partial charge is 0.237 e. The summed E-state index contributed by atoms with van der Waals surface area (Å²) < 4.78 is 2.05. The van der Waals surface area contributed by atoms with Gasteiger partial charge in [0.25, 0.3) is 0 Å². The minimum atomic E-state index is -0.121. The molecule has 3 heterocycles. The molecule has 2 amide bonds. The van der Waals surface area contributed by atoms with Crippen LogP contribution < -0.4 is 5.32 Å². The molecular weight excluding hydrogens is 354 g/mol. The molecule has 0 bridgehead atoms. The van der Waals surface area contributed by atoms with Crippen LogP contribution in [0.1, 0.15) is 63.3 Å². The van der Waals surface area contributed by atoms with Crippen molar-refractivity contribution in [1.29, 1.82) is 0 Å². The van der Waals surface area contributed by atoms with Crippen molar-refractivity contribution in [2.45, 2.75) is 83.5 Å². The SMILES string of the molecule is CC(C(=O)NC1CCCC1)N1CCn2nc(CCC(=O)N3CCCC3)cc2C1. The molecule has 1 aromatic heterocycles. The molecule has 1 aliphatic carbocycles. The maximum atomic E-state index is 12.6. The van der Waals surface area contributed by atoms with Gasteiger partial charge in [-0.25, -0.2) is 0 Å². The molecule has 0 radical (unpaired) electrons. The number of likely N-dealkylation sites (tertiary alicyclic amines) is 1. The zero-order valence-electron chi connectivity index (χ0n) is 17.0. The number of rotatable bonds is 6. The van der Waals surface area contributed by atoms with E-state index in [1.165, 1.54) is 12.8 Å². The molecule has 1 unspecified atom stereocenters. The third-order valence-electron chi connectivity index (χ3n) is 6.56. The number of hydrogen-bond acceptors (Lipinski definition) is 4. The molecule has 7 nitrogen and oxygen atoms in total. The molecular formula is C21H33N5O2. The van der Waals surface area contributed by atoms with Crippen LogP contribution in [0.15, 0.2) is 6.07 Å². The predicted octanol–water partition coefficient (Wildman–Crippen LogP) is 1.70. The Labute approximate surface area is 167 Å². The van der Waals surface area contributed by atoms with Gasteiger partial charge in [-0.15, -0.1) is 0 Å². The van der Waals surface area contributed by atoms with E-state index in [2.05, 4.69) is 21.4 Å². The lowest BCUT2D eigenvalue weighted by atomic mass is 10.1. The van der Waals surface area contributed by atoms with Crippen molar-refractivity contribution in [2.75, 3.05) is 19.6 Å². The molecule has 1 atom stereocenters. The summed E-state index contributed by atoms with van der Waals surface area (Å²) in [4.78, 5) is 29.1. The number of fused-ring (bicyclic) bond motifs is 1. The average Bonchev–Trinajstić information content (AvgIpc) is 3.46. The summed E-state index contributed by atoms with van der Waals surface area (Å²) in [6.45, 7) is 6.21. The van der Waals surface area contributed by atoms with Gasteiger partial charge in [0.15, 0.2) is 0 Å². The van der Waals surface area contributed by atoms with Gasteiger partial charge in [0.1, 0.15) is 0 Å². The van der Waals surface area contributed by atoms with Crippen LogP contribution in [0.3, 0.4) is 0 Å². The molecule has 1 N–H and O–H groups in total. The molecule has 4 rings (SSSR count). The third-order valence-corrected chi connectivity index (χ3v) is 6.56. The average molecular weight is 388 g/mol. The van der Waals surface area contributed by atoms with Crippen LogP contribution in [0.25, 0.3) is 0 Å². The van der Waals surface area contributed by atoms with Crippen LogP contribution in [0.2, 0.25) is 0 Å². The Morgan fingerprint density at radius 3 is 2.64 bits per heavy atom. The summed E-state index contributed by atoms with van der Waals surface area (Å²) in [5.41, 5.74) is 2.14. The van der Waals surface area contributed by atoms with E-state index < -0.39 is 0 Å². The zero-order valence-corrected chi connectivity index (χ0v) is 17.0. The maximum Gasteiger partial charge on any atom is 0.237 e. The van der Waals surface area contributed by atoms with E-state index in [9.17, 15) is 9.59 Å². The monoisotopic (exact) mass is 387 g/mol. The van der Waals surface area contributed by atoms with Gasteiger partial charge >= 0.3 is 0 Å². The first-order chi connectivity index (χ1) is 13.6. The molecule has 154 valence electrons.